The molecule has 1 aromatic rings. The number of amides is 1. The SMILES string of the molecule is Cc1[nH]nc(C(C)C)c1C(=O)NCC1(C)CCCCC1O. The number of rotatable bonds is 4. The zero-order chi connectivity index (χ0) is 15.6. The van der Waals surface area contributed by atoms with E-state index >= 15 is 0 Å². The van der Waals surface area contributed by atoms with E-state index in [2.05, 4.69) is 22.4 Å². The molecule has 1 aliphatic carbocycles. The summed E-state index contributed by atoms with van der Waals surface area (Å²) in [6, 6.07) is 0. The van der Waals surface area contributed by atoms with Crippen LogP contribution in [0.5, 0.6) is 0 Å². The van der Waals surface area contributed by atoms with Gasteiger partial charge in [0.2, 0.25) is 0 Å². The van der Waals surface area contributed by atoms with Crippen LogP contribution in [0.3, 0.4) is 0 Å². The molecule has 21 heavy (non-hydrogen) atoms. The zero-order valence-corrected chi connectivity index (χ0v) is 13.5. The molecule has 5 heteroatoms. The molecule has 0 radical (unpaired) electrons. The van der Waals surface area contributed by atoms with E-state index in [-0.39, 0.29) is 23.3 Å². The summed E-state index contributed by atoms with van der Waals surface area (Å²) in [5.74, 6) is 0.107. The number of carbonyl (C=O) groups excluding carboxylic acids is 1. The highest BCUT2D eigenvalue weighted by Gasteiger charge is 2.36. The number of aromatic nitrogens is 2. The van der Waals surface area contributed by atoms with Crippen LogP contribution in [-0.2, 0) is 0 Å². The maximum Gasteiger partial charge on any atom is 0.255 e. The smallest absolute Gasteiger partial charge is 0.255 e. The van der Waals surface area contributed by atoms with Crippen molar-refractivity contribution < 1.29 is 9.90 Å². The highest BCUT2D eigenvalue weighted by atomic mass is 16.3. The minimum Gasteiger partial charge on any atom is -0.392 e. The van der Waals surface area contributed by atoms with E-state index in [0.717, 1.165) is 37.1 Å². The normalized spacial score (nSPS) is 26.1. The Morgan fingerprint density at radius 3 is 2.86 bits per heavy atom. The number of aryl methyl sites for hydroxylation is 1. The predicted molar refractivity (Wildman–Crippen MR) is 82.3 cm³/mol. The number of hydrogen-bond acceptors (Lipinski definition) is 3. The Morgan fingerprint density at radius 1 is 1.52 bits per heavy atom. The Morgan fingerprint density at radius 2 is 2.24 bits per heavy atom. The van der Waals surface area contributed by atoms with Crippen LogP contribution >= 0.6 is 0 Å². The average molecular weight is 293 g/mol. The van der Waals surface area contributed by atoms with Gasteiger partial charge in [0.15, 0.2) is 0 Å². The van der Waals surface area contributed by atoms with Gasteiger partial charge in [-0.05, 0) is 25.7 Å². The van der Waals surface area contributed by atoms with Crippen molar-refractivity contribution >= 4 is 5.91 Å². The highest BCUT2D eigenvalue weighted by Crippen LogP contribution is 2.35. The van der Waals surface area contributed by atoms with E-state index in [4.69, 9.17) is 0 Å². The lowest BCUT2D eigenvalue weighted by Gasteiger charge is -2.38. The molecule has 2 atom stereocenters. The number of nitrogens with zero attached hydrogens (tertiary/aromatic N) is 1. The second-order valence-electron chi connectivity index (χ2n) is 6.86. The van der Waals surface area contributed by atoms with Gasteiger partial charge in [0.1, 0.15) is 0 Å². The fourth-order valence-electron chi connectivity index (χ4n) is 3.11. The summed E-state index contributed by atoms with van der Waals surface area (Å²) in [4.78, 5) is 12.5. The maximum atomic E-state index is 12.5. The molecule has 1 fully saturated rings. The van der Waals surface area contributed by atoms with Gasteiger partial charge in [0.05, 0.1) is 17.4 Å². The monoisotopic (exact) mass is 293 g/mol. The third kappa shape index (κ3) is 3.28. The van der Waals surface area contributed by atoms with E-state index < -0.39 is 0 Å². The lowest BCUT2D eigenvalue weighted by Crippen LogP contribution is -2.45. The van der Waals surface area contributed by atoms with Crippen molar-refractivity contribution in [1.29, 1.82) is 0 Å². The predicted octanol–water partition coefficient (Wildman–Crippen LogP) is 2.51. The van der Waals surface area contributed by atoms with Gasteiger partial charge in [-0.2, -0.15) is 5.10 Å². The topological polar surface area (TPSA) is 78.0 Å². The second kappa shape index (κ2) is 6.18. The summed E-state index contributed by atoms with van der Waals surface area (Å²) in [7, 11) is 0. The van der Waals surface area contributed by atoms with E-state index in [1.54, 1.807) is 0 Å². The molecule has 1 aromatic heterocycles. The number of aromatic amines is 1. The van der Waals surface area contributed by atoms with Crippen LogP contribution in [0.25, 0.3) is 0 Å². The molecule has 118 valence electrons. The first kappa shape index (κ1) is 16.0. The number of hydrogen-bond donors (Lipinski definition) is 3. The zero-order valence-electron chi connectivity index (χ0n) is 13.5. The number of aliphatic hydroxyl groups is 1. The van der Waals surface area contributed by atoms with Crippen molar-refractivity contribution in [3.05, 3.63) is 17.0 Å². The lowest BCUT2D eigenvalue weighted by atomic mass is 9.73. The first-order valence-corrected chi connectivity index (χ1v) is 7.86. The van der Waals surface area contributed by atoms with Gasteiger partial charge in [-0.15, -0.1) is 0 Å². The summed E-state index contributed by atoms with van der Waals surface area (Å²) < 4.78 is 0. The van der Waals surface area contributed by atoms with Crippen LogP contribution in [0.15, 0.2) is 0 Å². The van der Waals surface area contributed by atoms with E-state index in [9.17, 15) is 9.90 Å². The molecule has 2 unspecified atom stereocenters. The van der Waals surface area contributed by atoms with Crippen molar-refractivity contribution in [2.75, 3.05) is 6.54 Å². The number of H-pyrrole nitrogens is 1. The Labute approximate surface area is 126 Å². The number of carbonyl (C=O) groups is 1. The van der Waals surface area contributed by atoms with Crippen LogP contribution in [0.2, 0.25) is 0 Å². The average Bonchev–Trinajstić information content (AvgIpc) is 2.82. The summed E-state index contributed by atoms with van der Waals surface area (Å²) in [5.41, 5.74) is 2.03. The fraction of sp³-hybridized carbons (Fsp3) is 0.750. The molecule has 0 aromatic carbocycles. The molecule has 0 spiro atoms. The van der Waals surface area contributed by atoms with Crippen molar-refractivity contribution in [3.8, 4) is 0 Å². The fourth-order valence-corrected chi connectivity index (χ4v) is 3.11. The Hall–Kier alpha value is -1.36. The lowest BCUT2D eigenvalue weighted by molar-refractivity contribution is 0.00189. The van der Waals surface area contributed by atoms with Gasteiger partial charge in [0, 0.05) is 17.7 Å². The van der Waals surface area contributed by atoms with Crippen molar-refractivity contribution in [1.82, 2.24) is 15.5 Å². The van der Waals surface area contributed by atoms with Crippen LogP contribution in [0, 0.1) is 12.3 Å². The molecular weight excluding hydrogens is 266 g/mol. The van der Waals surface area contributed by atoms with Crippen molar-refractivity contribution in [2.24, 2.45) is 5.41 Å². The minimum atomic E-state index is -0.332. The molecule has 1 heterocycles. The van der Waals surface area contributed by atoms with Gasteiger partial charge in [0.25, 0.3) is 5.91 Å². The minimum absolute atomic E-state index is 0.0936. The first-order valence-electron chi connectivity index (χ1n) is 7.86. The summed E-state index contributed by atoms with van der Waals surface area (Å²) in [5, 5.41) is 20.3. The quantitative estimate of drug-likeness (QED) is 0.798. The summed E-state index contributed by atoms with van der Waals surface area (Å²) in [6.45, 7) is 8.49. The summed E-state index contributed by atoms with van der Waals surface area (Å²) >= 11 is 0. The van der Waals surface area contributed by atoms with Crippen LogP contribution in [0.4, 0.5) is 0 Å². The summed E-state index contributed by atoms with van der Waals surface area (Å²) in [6.07, 6.45) is 3.64. The molecule has 5 nitrogen and oxygen atoms in total. The maximum absolute atomic E-state index is 12.5. The number of nitrogens with one attached hydrogen (secondary N) is 2. The van der Waals surface area contributed by atoms with Crippen molar-refractivity contribution in [2.45, 2.75) is 65.4 Å². The second-order valence-corrected chi connectivity index (χ2v) is 6.86. The van der Waals surface area contributed by atoms with Gasteiger partial charge < -0.3 is 10.4 Å². The van der Waals surface area contributed by atoms with Gasteiger partial charge >= 0.3 is 0 Å². The molecular formula is C16H27N3O2. The van der Waals surface area contributed by atoms with Crippen LogP contribution in [-0.4, -0.2) is 33.9 Å². The molecule has 1 amide bonds. The molecule has 1 saturated carbocycles. The van der Waals surface area contributed by atoms with Crippen molar-refractivity contribution in [3.63, 3.8) is 0 Å². The molecule has 1 aliphatic rings. The molecule has 0 bridgehead atoms. The van der Waals surface area contributed by atoms with Gasteiger partial charge in [-0.25, -0.2) is 0 Å². The highest BCUT2D eigenvalue weighted by molar-refractivity contribution is 5.96. The Bertz CT molecular complexity index is 510. The Kier molecular flexibility index (Phi) is 4.71. The first-order chi connectivity index (χ1) is 9.85. The van der Waals surface area contributed by atoms with Crippen LogP contribution in [0.1, 0.15) is 74.1 Å². The standard InChI is InChI=1S/C16H27N3O2/c1-10(2)14-13(11(3)18-19-14)15(21)17-9-16(4)8-6-5-7-12(16)20/h10,12,20H,5-9H2,1-4H3,(H,17,21)(H,18,19). The Balaban J connectivity index is 2.07. The van der Waals surface area contributed by atoms with E-state index in [1.165, 1.54) is 0 Å². The van der Waals surface area contributed by atoms with E-state index in [0.29, 0.717) is 12.1 Å². The third-order valence-electron chi connectivity index (χ3n) is 4.68. The largest absolute Gasteiger partial charge is 0.392 e. The van der Waals surface area contributed by atoms with Gasteiger partial charge in [-0.3, -0.25) is 9.89 Å². The van der Waals surface area contributed by atoms with E-state index in [1.807, 2.05) is 20.8 Å². The van der Waals surface area contributed by atoms with Gasteiger partial charge in [-0.1, -0.05) is 33.6 Å². The molecule has 2 rings (SSSR count). The molecule has 3 N–H and O–H groups in total. The molecule has 0 saturated heterocycles. The van der Waals surface area contributed by atoms with Crippen LogP contribution < -0.4 is 5.32 Å². The third-order valence-corrected chi connectivity index (χ3v) is 4.68. The number of aliphatic hydroxyl groups excluding tert-OH is 1. The molecule has 0 aliphatic heterocycles.